The smallest absolute Gasteiger partial charge is 0.249 e. The second-order valence-corrected chi connectivity index (χ2v) is 6.78. The van der Waals surface area contributed by atoms with Crippen molar-refractivity contribution in [2.24, 2.45) is 0 Å². The van der Waals surface area contributed by atoms with Crippen LogP contribution in [0.4, 0.5) is 5.69 Å². The maximum Gasteiger partial charge on any atom is 0.249 e. The van der Waals surface area contributed by atoms with Crippen LogP contribution >= 0.6 is 0 Å². The van der Waals surface area contributed by atoms with E-state index >= 15 is 0 Å². The number of hydrogen-bond donors (Lipinski definition) is 0. The second-order valence-electron chi connectivity index (χ2n) is 6.78. The quantitative estimate of drug-likeness (QED) is 0.771. The number of methoxy groups -OCH3 is 2. The van der Waals surface area contributed by atoms with E-state index in [1.54, 1.807) is 49.1 Å². The van der Waals surface area contributed by atoms with Gasteiger partial charge in [0.15, 0.2) is 0 Å². The number of nitrogens with zero attached hydrogens (tertiary/aromatic N) is 2. The van der Waals surface area contributed by atoms with Gasteiger partial charge in [-0.25, -0.2) is 0 Å². The van der Waals surface area contributed by atoms with Gasteiger partial charge in [0.1, 0.15) is 17.5 Å². The summed E-state index contributed by atoms with van der Waals surface area (Å²) >= 11 is 0. The van der Waals surface area contributed by atoms with Gasteiger partial charge in [-0.1, -0.05) is 30.3 Å². The van der Waals surface area contributed by atoms with Gasteiger partial charge in [-0.3, -0.25) is 9.59 Å². The standard InChI is InChI=1S/C22H26N2O4/c1-16-22(26)24(19-15-18(27-2)10-11-20(19)28-3)14-13-23(16)21(25)12-9-17-7-5-4-6-8-17/h4-8,10-11,15-16H,9,12-14H2,1-3H3/t16-/m0/s1. The molecule has 2 amide bonds. The second kappa shape index (κ2) is 8.78. The van der Waals surface area contributed by atoms with Gasteiger partial charge < -0.3 is 19.3 Å². The highest BCUT2D eigenvalue weighted by Gasteiger charge is 2.35. The van der Waals surface area contributed by atoms with E-state index in [9.17, 15) is 9.59 Å². The number of anilines is 1. The van der Waals surface area contributed by atoms with E-state index in [1.807, 2.05) is 30.3 Å². The van der Waals surface area contributed by atoms with Crippen molar-refractivity contribution in [2.75, 3.05) is 32.2 Å². The summed E-state index contributed by atoms with van der Waals surface area (Å²) in [4.78, 5) is 29.1. The first kappa shape index (κ1) is 19.7. The minimum atomic E-state index is -0.520. The van der Waals surface area contributed by atoms with Crippen LogP contribution in [0.2, 0.25) is 0 Å². The lowest BCUT2D eigenvalue weighted by Crippen LogP contribution is -2.57. The lowest BCUT2D eigenvalue weighted by atomic mass is 10.1. The first-order chi connectivity index (χ1) is 13.5. The molecule has 1 atom stereocenters. The average molecular weight is 382 g/mol. The molecule has 0 spiro atoms. The van der Waals surface area contributed by atoms with Gasteiger partial charge in [-0.05, 0) is 31.0 Å². The van der Waals surface area contributed by atoms with Crippen LogP contribution in [-0.2, 0) is 16.0 Å². The predicted octanol–water partition coefficient (Wildman–Crippen LogP) is 2.90. The summed E-state index contributed by atoms with van der Waals surface area (Å²) < 4.78 is 10.7. The lowest BCUT2D eigenvalue weighted by molar-refractivity contribution is -0.140. The number of benzene rings is 2. The van der Waals surface area contributed by atoms with Crippen LogP contribution in [0.15, 0.2) is 48.5 Å². The van der Waals surface area contributed by atoms with Crippen molar-refractivity contribution >= 4 is 17.5 Å². The molecule has 0 aliphatic carbocycles. The van der Waals surface area contributed by atoms with Gasteiger partial charge in [0.25, 0.3) is 0 Å². The van der Waals surface area contributed by atoms with Gasteiger partial charge in [0.2, 0.25) is 11.8 Å². The summed E-state index contributed by atoms with van der Waals surface area (Å²) in [6, 6.07) is 14.7. The molecule has 3 rings (SSSR count). The largest absolute Gasteiger partial charge is 0.497 e. The molecule has 148 valence electrons. The molecule has 0 saturated carbocycles. The number of hydrogen-bond acceptors (Lipinski definition) is 4. The fourth-order valence-electron chi connectivity index (χ4n) is 3.50. The summed E-state index contributed by atoms with van der Waals surface area (Å²) in [6.07, 6.45) is 1.06. The van der Waals surface area contributed by atoms with Crippen molar-refractivity contribution < 1.29 is 19.1 Å². The van der Waals surface area contributed by atoms with E-state index in [0.29, 0.717) is 43.1 Å². The van der Waals surface area contributed by atoms with Crippen molar-refractivity contribution in [3.05, 3.63) is 54.1 Å². The Kier molecular flexibility index (Phi) is 6.19. The molecule has 6 nitrogen and oxygen atoms in total. The Morgan fingerprint density at radius 2 is 1.82 bits per heavy atom. The lowest BCUT2D eigenvalue weighted by Gasteiger charge is -2.39. The predicted molar refractivity (Wildman–Crippen MR) is 108 cm³/mol. The van der Waals surface area contributed by atoms with E-state index in [2.05, 4.69) is 0 Å². The Labute approximate surface area is 165 Å². The van der Waals surface area contributed by atoms with E-state index in [0.717, 1.165) is 5.56 Å². The van der Waals surface area contributed by atoms with Crippen LogP contribution in [0.5, 0.6) is 11.5 Å². The minimum Gasteiger partial charge on any atom is -0.497 e. The fraction of sp³-hybridized carbons (Fsp3) is 0.364. The molecule has 28 heavy (non-hydrogen) atoms. The fourth-order valence-corrected chi connectivity index (χ4v) is 3.50. The number of rotatable bonds is 6. The molecule has 1 aliphatic rings. The van der Waals surface area contributed by atoms with Crippen LogP contribution in [0, 0.1) is 0 Å². The van der Waals surface area contributed by atoms with Crippen molar-refractivity contribution in [1.82, 2.24) is 4.90 Å². The first-order valence-electron chi connectivity index (χ1n) is 9.42. The third-order valence-electron chi connectivity index (χ3n) is 5.12. The maximum absolute atomic E-state index is 13.0. The zero-order valence-corrected chi connectivity index (χ0v) is 16.6. The number of amides is 2. The molecule has 2 aromatic carbocycles. The Bertz CT molecular complexity index is 838. The van der Waals surface area contributed by atoms with Gasteiger partial charge in [-0.15, -0.1) is 0 Å². The molecule has 0 unspecified atom stereocenters. The SMILES string of the molecule is COc1ccc(OC)c(N2CCN(C(=O)CCc3ccccc3)[C@@H](C)C2=O)c1. The molecule has 0 N–H and O–H groups in total. The zero-order valence-electron chi connectivity index (χ0n) is 16.6. The van der Waals surface area contributed by atoms with Crippen LogP contribution < -0.4 is 14.4 Å². The minimum absolute atomic E-state index is 0.00182. The van der Waals surface area contributed by atoms with Crippen molar-refractivity contribution in [3.8, 4) is 11.5 Å². The first-order valence-corrected chi connectivity index (χ1v) is 9.42. The van der Waals surface area contributed by atoms with Crippen LogP contribution in [-0.4, -0.2) is 50.1 Å². The number of carbonyl (C=O) groups is 2. The molecule has 0 aromatic heterocycles. The zero-order chi connectivity index (χ0) is 20.1. The Hall–Kier alpha value is -3.02. The Morgan fingerprint density at radius 1 is 1.07 bits per heavy atom. The topological polar surface area (TPSA) is 59.1 Å². The van der Waals surface area contributed by atoms with Gasteiger partial charge in [0.05, 0.1) is 19.9 Å². The molecular formula is C22H26N2O4. The molecule has 1 saturated heterocycles. The van der Waals surface area contributed by atoms with Crippen LogP contribution in [0.1, 0.15) is 18.9 Å². The van der Waals surface area contributed by atoms with Crippen LogP contribution in [0.25, 0.3) is 0 Å². The summed E-state index contributed by atoms with van der Waals surface area (Å²) in [7, 11) is 3.15. The van der Waals surface area contributed by atoms with E-state index in [-0.39, 0.29) is 11.8 Å². The van der Waals surface area contributed by atoms with Gasteiger partial charge >= 0.3 is 0 Å². The van der Waals surface area contributed by atoms with Crippen LogP contribution in [0.3, 0.4) is 0 Å². The van der Waals surface area contributed by atoms with Crippen molar-refractivity contribution in [3.63, 3.8) is 0 Å². The van der Waals surface area contributed by atoms with Gasteiger partial charge in [0, 0.05) is 25.6 Å². The number of carbonyl (C=O) groups excluding carboxylic acids is 2. The van der Waals surface area contributed by atoms with Gasteiger partial charge in [-0.2, -0.15) is 0 Å². The molecule has 0 bridgehead atoms. The number of ether oxygens (including phenoxy) is 2. The molecule has 0 radical (unpaired) electrons. The van der Waals surface area contributed by atoms with E-state index in [1.165, 1.54) is 0 Å². The highest BCUT2D eigenvalue weighted by atomic mass is 16.5. The summed E-state index contributed by atoms with van der Waals surface area (Å²) in [5.74, 6) is 1.13. The monoisotopic (exact) mass is 382 g/mol. The highest BCUT2D eigenvalue weighted by Crippen LogP contribution is 2.34. The molecule has 2 aromatic rings. The summed E-state index contributed by atoms with van der Waals surface area (Å²) in [6.45, 7) is 2.69. The average Bonchev–Trinajstić information content (AvgIpc) is 2.74. The molecule has 1 fully saturated rings. The molecule has 1 aliphatic heterocycles. The normalized spacial score (nSPS) is 16.8. The molecule has 1 heterocycles. The van der Waals surface area contributed by atoms with E-state index in [4.69, 9.17) is 9.47 Å². The third kappa shape index (κ3) is 4.11. The number of aryl methyl sites for hydroxylation is 1. The van der Waals surface area contributed by atoms with E-state index < -0.39 is 6.04 Å². The Morgan fingerprint density at radius 3 is 2.50 bits per heavy atom. The number of piperazine rings is 1. The maximum atomic E-state index is 13.0. The molecule has 6 heteroatoms. The highest BCUT2D eigenvalue weighted by molar-refractivity contribution is 6.01. The molecular weight excluding hydrogens is 356 g/mol. The summed E-state index contributed by atoms with van der Waals surface area (Å²) in [5, 5.41) is 0. The Balaban J connectivity index is 1.70. The third-order valence-corrected chi connectivity index (χ3v) is 5.12. The summed E-state index contributed by atoms with van der Waals surface area (Å²) in [5.41, 5.74) is 1.78. The van der Waals surface area contributed by atoms with Crippen molar-refractivity contribution in [2.45, 2.75) is 25.8 Å². The van der Waals surface area contributed by atoms with Crippen molar-refractivity contribution in [1.29, 1.82) is 0 Å².